The number of aryl methyl sites for hydroxylation is 1. The summed E-state index contributed by atoms with van der Waals surface area (Å²) in [6.07, 6.45) is 1.64. The van der Waals surface area contributed by atoms with Gasteiger partial charge in [0.1, 0.15) is 0 Å². The van der Waals surface area contributed by atoms with Crippen molar-refractivity contribution < 1.29 is 14.3 Å². The van der Waals surface area contributed by atoms with Gasteiger partial charge in [-0.25, -0.2) is 0 Å². The van der Waals surface area contributed by atoms with Gasteiger partial charge in [-0.2, -0.15) is 0 Å². The van der Waals surface area contributed by atoms with Crippen LogP contribution in [0.4, 0.5) is 5.69 Å². The van der Waals surface area contributed by atoms with E-state index in [0.717, 1.165) is 44.7 Å². The largest absolute Gasteiger partial charge is 0.378 e. The van der Waals surface area contributed by atoms with Crippen molar-refractivity contribution >= 4 is 17.5 Å². The molecule has 0 radical (unpaired) electrons. The number of nitrogens with zero attached hydrogens (tertiary/aromatic N) is 1. The second-order valence-electron chi connectivity index (χ2n) is 6.79. The van der Waals surface area contributed by atoms with Crippen LogP contribution in [0.3, 0.4) is 0 Å². The molecule has 3 rings (SSSR count). The zero-order valence-electron chi connectivity index (χ0n) is 16.0. The summed E-state index contributed by atoms with van der Waals surface area (Å²) in [6.45, 7) is 4.24. The molecule has 1 aliphatic heterocycles. The summed E-state index contributed by atoms with van der Waals surface area (Å²) in [5.41, 5.74) is 3.40. The number of hydrogen-bond donors (Lipinski definition) is 2. The fraction of sp³-hybridized carbons (Fsp3) is 0.364. The Labute approximate surface area is 165 Å². The highest BCUT2D eigenvalue weighted by Crippen LogP contribution is 2.17. The molecule has 148 valence electrons. The van der Waals surface area contributed by atoms with Gasteiger partial charge in [-0.1, -0.05) is 42.5 Å². The van der Waals surface area contributed by atoms with E-state index in [1.165, 1.54) is 11.3 Å². The normalized spacial score (nSPS) is 13.8. The summed E-state index contributed by atoms with van der Waals surface area (Å²) in [5, 5.41) is 5.31. The highest BCUT2D eigenvalue weighted by Gasteiger charge is 2.12. The Morgan fingerprint density at radius 2 is 1.54 bits per heavy atom. The molecule has 1 aliphatic rings. The Morgan fingerprint density at radius 3 is 2.25 bits per heavy atom. The van der Waals surface area contributed by atoms with E-state index in [9.17, 15) is 9.59 Å². The number of morpholine rings is 1. The molecule has 0 saturated carbocycles. The fourth-order valence-corrected chi connectivity index (χ4v) is 3.13. The minimum Gasteiger partial charge on any atom is -0.378 e. The maximum atomic E-state index is 11.9. The summed E-state index contributed by atoms with van der Waals surface area (Å²) in [6, 6.07) is 18.0. The molecule has 2 amide bonds. The number of rotatable bonds is 7. The molecule has 0 aliphatic carbocycles. The van der Waals surface area contributed by atoms with Gasteiger partial charge in [0.05, 0.1) is 13.2 Å². The van der Waals surface area contributed by atoms with Crippen LogP contribution in [0.15, 0.2) is 54.6 Å². The molecular formula is C22H27N3O3. The predicted molar refractivity (Wildman–Crippen MR) is 109 cm³/mol. The molecule has 0 aromatic heterocycles. The quantitative estimate of drug-likeness (QED) is 0.568. The topological polar surface area (TPSA) is 70.7 Å². The third-order valence-corrected chi connectivity index (χ3v) is 4.74. The molecule has 1 saturated heterocycles. The molecule has 0 unspecified atom stereocenters. The lowest BCUT2D eigenvalue weighted by Gasteiger charge is -2.28. The lowest BCUT2D eigenvalue weighted by molar-refractivity contribution is -0.139. The van der Waals surface area contributed by atoms with E-state index in [2.05, 4.69) is 39.8 Å². The lowest BCUT2D eigenvalue weighted by Crippen LogP contribution is -2.40. The van der Waals surface area contributed by atoms with Crippen LogP contribution in [-0.4, -0.2) is 44.7 Å². The van der Waals surface area contributed by atoms with E-state index < -0.39 is 11.8 Å². The van der Waals surface area contributed by atoms with Crippen molar-refractivity contribution in [2.75, 3.05) is 37.7 Å². The Morgan fingerprint density at radius 1 is 0.857 bits per heavy atom. The first kappa shape index (κ1) is 19.9. The number of hydrogen-bond acceptors (Lipinski definition) is 4. The van der Waals surface area contributed by atoms with Gasteiger partial charge in [0.2, 0.25) is 0 Å². The van der Waals surface area contributed by atoms with Crippen LogP contribution in [0.2, 0.25) is 0 Å². The molecule has 2 N–H and O–H groups in total. The number of carbonyl (C=O) groups excluding carboxylic acids is 2. The zero-order chi connectivity index (χ0) is 19.6. The van der Waals surface area contributed by atoms with Crippen LogP contribution in [0, 0.1) is 0 Å². The van der Waals surface area contributed by atoms with E-state index in [4.69, 9.17) is 4.74 Å². The maximum Gasteiger partial charge on any atom is 0.309 e. The minimum absolute atomic E-state index is 0.350. The zero-order valence-corrected chi connectivity index (χ0v) is 16.0. The van der Waals surface area contributed by atoms with Crippen LogP contribution in [0.25, 0.3) is 0 Å². The Kier molecular flexibility index (Phi) is 7.44. The van der Waals surface area contributed by atoms with E-state index >= 15 is 0 Å². The highest BCUT2D eigenvalue weighted by atomic mass is 16.5. The van der Waals surface area contributed by atoms with Crippen LogP contribution >= 0.6 is 0 Å². The van der Waals surface area contributed by atoms with E-state index in [-0.39, 0.29) is 0 Å². The minimum atomic E-state index is -0.598. The number of ether oxygens (including phenoxy) is 1. The smallest absolute Gasteiger partial charge is 0.309 e. The third kappa shape index (κ3) is 6.09. The van der Waals surface area contributed by atoms with E-state index in [1.54, 1.807) is 0 Å². The second kappa shape index (κ2) is 10.5. The Balaban J connectivity index is 1.33. The summed E-state index contributed by atoms with van der Waals surface area (Å²) in [7, 11) is 0. The lowest BCUT2D eigenvalue weighted by atomic mass is 10.1. The molecule has 2 aromatic rings. The van der Waals surface area contributed by atoms with Gasteiger partial charge in [-0.3, -0.25) is 9.59 Å². The fourth-order valence-electron chi connectivity index (χ4n) is 3.13. The van der Waals surface area contributed by atoms with Crippen LogP contribution in [-0.2, 0) is 27.3 Å². The van der Waals surface area contributed by atoms with Crippen LogP contribution in [0.5, 0.6) is 0 Å². The van der Waals surface area contributed by atoms with Crippen molar-refractivity contribution in [2.45, 2.75) is 19.4 Å². The second-order valence-corrected chi connectivity index (χ2v) is 6.79. The van der Waals surface area contributed by atoms with Crippen molar-refractivity contribution in [1.82, 2.24) is 10.6 Å². The first-order valence-corrected chi connectivity index (χ1v) is 9.74. The Bertz CT molecular complexity index is 756. The first-order chi connectivity index (χ1) is 13.7. The first-order valence-electron chi connectivity index (χ1n) is 9.74. The summed E-state index contributed by atoms with van der Waals surface area (Å²) < 4.78 is 5.38. The standard InChI is InChI=1S/C22H27N3O3/c26-21(22(27)24-17-19-5-2-1-3-6-19)23-12-4-7-18-8-10-20(11-9-18)25-13-15-28-16-14-25/h1-3,5-6,8-11H,4,7,12-17H2,(H,23,26)(H,24,27). The molecular weight excluding hydrogens is 354 g/mol. The van der Waals surface area contributed by atoms with Gasteiger partial charge in [-0.15, -0.1) is 0 Å². The average Bonchev–Trinajstić information content (AvgIpc) is 2.76. The summed E-state index contributed by atoms with van der Waals surface area (Å²) in [5.74, 6) is -1.18. The molecule has 1 heterocycles. The summed E-state index contributed by atoms with van der Waals surface area (Å²) >= 11 is 0. The highest BCUT2D eigenvalue weighted by molar-refractivity contribution is 6.35. The molecule has 28 heavy (non-hydrogen) atoms. The van der Waals surface area contributed by atoms with Crippen molar-refractivity contribution in [1.29, 1.82) is 0 Å². The number of carbonyl (C=O) groups is 2. The van der Waals surface area contributed by atoms with Crippen molar-refractivity contribution in [2.24, 2.45) is 0 Å². The molecule has 6 heteroatoms. The molecule has 6 nitrogen and oxygen atoms in total. The van der Waals surface area contributed by atoms with E-state index in [1.807, 2.05) is 30.3 Å². The Hall–Kier alpha value is -2.86. The van der Waals surface area contributed by atoms with Gasteiger partial charge >= 0.3 is 11.8 Å². The average molecular weight is 381 g/mol. The van der Waals surface area contributed by atoms with Gasteiger partial charge in [0, 0.05) is 31.9 Å². The van der Waals surface area contributed by atoms with Gasteiger partial charge < -0.3 is 20.3 Å². The van der Waals surface area contributed by atoms with Crippen molar-refractivity contribution in [3.8, 4) is 0 Å². The number of anilines is 1. The van der Waals surface area contributed by atoms with Gasteiger partial charge in [0.25, 0.3) is 0 Å². The molecule has 0 atom stereocenters. The SMILES string of the molecule is O=C(NCCCc1ccc(N2CCOCC2)cc1)C(=O)NCc1ccccc1. The molecule has 0 bridgehead atoms. The third-order valence-electron chi connectivity index (χ3n) is 4.74. The summed E-state index contributed by atoms with van der Waals surface area (Å²) in [4.78, 5) is 26.0. The van der Waals surface area contributed by atoms with Crippen LogP contribution in [0.1, 0.15) is 17.5 Å². The predicted octanol–water partition coefficient (Wildman–Crippen LogP) is 1.89. The van der Waals surface area contributed by atoms with E-state index in [0.29, 0.717) is 13.1 Å². The molecule has 0 spiro atoms. The monoisotopic (exact) mass is 381 g/mol. The van der Waals surface area contributed by atoms with Crippen molar-refractivity contribution in [3.05, 3.63) is 65.7 Å². The van der Waals surface area contributed by atoms with Gasteiger partial charge in [0.15, 0.2) is 0 Å². The molecule has 1 fully saturated rings. The number of benzene rings is 2. The maximum absolute atomic E-state index is 11.9. The number of nitrogens with one attached hydrogen (secondary N) is 2. The molecule has 2 aromatic carbocycles. The van der Waals surface area contributed by atoms with Gasteiger partial charge in [-0.05, 0) is 36.1 Å². The van der Waals surface area contributed by atoms with Crippen LogP contribution < -0.4 is 15.5 Å². The number of amides is 2. The van der Waals surface area contributed by atoms with Crippen molar-refractivity contribution in [3.63, 3.8) is 0 Å².